The molecule has 0 aliphatic heterocycles. The second-order valence-corrected chi connectivity index (χ2v) is 2.30. The third kappa shape index (κ3) is 13.4. The molecule has 0 unspecified atom stereocenters. The number of hydrogen-bond acceptors (Lipinski definition) is 5. The van der Waals surface area contributed by atoms with E-state index in [1.807, 2.05) is 0 Å². The van der Waals surface area contributed by atoms with Gasteiger partial charge in [0.2, 0.25) is 0 Å². The Hall–Kier alpha value is 1.48. The summed E-state index contributed by atoms with van der Waals surface area (Å²) in [7, 11) is 0. The summed E-state index contributed by atoms with van der Waals surface area (Å²) >= 11 is 0. The third-order valence-electron chi connectivity index (χ3n) is 1.20. The summed E-state index contributed by atoms with van der Waals surface area (Å²) in [5.41, 5.74) is 9.82. The summed E-state index contributed by atoms with van der Waals surface area (Å²) in [5, 5.41) is 20.3. The quantitative estimate of drug-likeness (QED) is 0.287. The normalized spacial score (nSPS) is 10.1. The van der Waals surface area contributed by atoms with Crippen molar-refractivity contribution < 1.29 is 123 Å². The first-order valence-electron chi connectivity index (χ1n) is 3.43. The van der Waals surface area contributed by atoms with Crippen molar-refractivity contribution >= 4 is 17.9 Å². The molecule has 0 aromatic rings. The van der Waals surface area contributed by atoms with Crippen molar-refractivity contribution in [3.63, 3.8) is 0 Å². The predicted molar refractivity (Wildman–Crippen MR) is 38.8 cm³/mol. The summed E-state index contributed by atoms with van der Waals surface area (Å²) in [6, 6.07) is -1.33. The minimum atomic E-state index is -1.52. The van der Waals surface area contributed by atoms with Crippen molar-refractivity contribution in [2.24, 2.45) is 16.5 Å². The number of aliphatic imine (C=N–C) groups is 1. The zero-order valence-corrected chi connectivity index (χ0v) is 15.0. The standard InChI is InChI=1S/C6H11N3O4.2K/c7-6(8)9-3(5(12)13)1-2-4(10)11;;/h3H,1-2H2,(H,10,11)(H,12,13)(H4,7,8,9);;/q;2*+1/p-2/t3-;;/m0../s1. The number of aliphatic carboxylic acids is 2. The molecule has 9 heteroatoms. The number of carboxylic acid groups (broad SMARTS) is 2. The largest absolute Gasteiger partial charge is 1.00 e. The molecule has 0 fully saturated rings. The molecule has 0 amide bonds. The summed E-state index contributed by atoms with van der Waals surface area (Å²) < 4.78 is 0. The zero-order chi connectivity index (χ0) is 10.4. The second kappa shape index (κ2) is 12.0. The average molecular weight is 265 g/mol. The number of nitrogens with two attached hydrogens (primary N) is 2. The number of carbonyl (C=O) groups excluding carboxylic acids is 2. The third-order valence-corrected chi connectivity index (χ3v) is 1.20. The van der Waals surface area contributed by atoms with Gasteiger partial charge in [0.05, 0.1) is 12.0 Å². The fraction of sp³-hybridized carbons (Fsp3) is 0.500. The molecule has 0 aromatic carbocycles. The van der Waals surface area contributed by atoms with Crippen LogP contribution in [0.5, 0.6) is 0 Å². The van der Waals surface area contributed by atoms with E-state index in [0.717, 1.165) is 0 Å². The molecule has 0 aromatic heterocycles. The van der Waals surface area contributed by atoms with Gasteiger partial charge < -0.3 is 31.3 Å². The molecular weight excluding hydrogens is 256 g/mol. The molecule has 0 bridgehead atoms. The predicted octanol–water partition coefficient (Wildman–Crippen LogP) is -10.1. The van der Waals surface area contributed by atoms with Crippen LogP contribution in [0, 0.1) is 0 Å². The summed E-state index contributed by atoms with van der Waals surface area (Å²) in [6.45, 7) is 0. The molecule has 0 spiro atoms. The fourth-order valence-corrected chi connectivity index (χ4v) is 0.670. The number of carbonyl (C=O) groups is 2. The molecule has 0 aliphatic carbocycles. The maximum absolute atomic E-state index is 10.3. The van der Waals surface area contributed by atoms with E-state index in [0.29, 0.717) is 0 Å². The van der Waals surface area contributed by atoms with Gasteiger partial charge >= 0.3 is 103 Å². The Bertz CT molecular complexity index is 243. The van der Waals surface area contributed by atoms with Crippen LogP contribution in [0.3, 0.4) is 0 Å². The van der Waals surface area contributed by atoms with Crippen LogP contribution in [0.2, 0.25) is 0 Å². The Kier molecular flexibility index (Phi) is 17.3. The minimum Gasteiger partial charge on any atom is -0.550 e. The van der Waals surface area contributed by atoms with Gasteiger partial charge in [0.25, 0.3) is 0 Å². The van der Waals surface area contributed by atoms with E-state index in [2.05, 4.69) is 4.99 Å². The maximum atomic E-state index is 10.3. The van der Waals surface area contributed by atoms with Crippen molar-refractivity contribution in [2.45, 2.75) is 18.9 Å². The number of guanidine groups is 1. The molecule has 1 atom stereocenters. The van der Waals surface area contributed by atoms with Crippen molar-refractivity contribution in [1.29, 1.82) is 0 Å². The molecule has 7 nitrogen and oxygen atoms in total. The van der Waals surface area contributed by atoms with Gasteiger partial charge in [-0.25, -0.2) is 4.99 Å². The van der Waals surface area contributed by atoms with Gasteiger partial charge in [-0.05, 0) is 12.8 Å². The van der Waals surface area contributed by atoms with Crippen LogP contribution in [0.25, 0.3) is 0 Å². The van der Waals surface area contributed by atoms with Gasteiger partial charge in [0, 0.05) is 5.97 Å². The Morgan fingerprint density at radius 2 is 1.67 bits per heavy atom. The number of rotatable bonds is 5. The molecule has 74 valence electrons. The molecule has 0 saturated carbocycles. The first kappa shape index (κ1) is 21.7. The topological polar surface area (TPSA) is 145 Å². The molecule has 0 rings (SSSR count). The average Bonchev–Trinajstić information content (AvgIpc) is 1.96. The van der Waals surface area contributed by atoms with Crippen molar-refractivity contribution in [2.75, 3.05) is 0 Å². The van der Waals surface area contributed by atoms with Crippen LogP contribution in [0.1, 0.15) is 12.8 Å². The van der Waals surface area contributed by atoms with Crippen LogP contribution in [-0.4, -0.2) is 23.9 Å². The molecule has 4 N–H and O–H groups in total. The van der Waals surface area contributed by atoms with Gasteiger partial charge in [-0.15, -0.1) is 0 Å². The van der Waals surface area contributed by atoms with Gasteiger partial charge in [0.15, 0.2) is 5.96 Å². The Balaban J connectivity index is -0.000000720. The van der Waals surface area contributed by atoms with E-state index in [9.17, 15) is 19.8 Å². The van der Waals surface area contributed by atoms with E-state index in [1.54, 1.807) is 0 Å². The maximum Gasteiger partial charge on any atom is 1.00 e. The van der Waals surface area contributed by atoms with Gasteiger partial charge in [-0.2, -0.15) is 0 Å². The van der Waals surface area contributed by atoms with E-state index < -0.39 is 30.4 Å². The van der Waals surface area contributed by atoms with Gasteiger partial charge in [-0.3, -0.25) is 0 Å². The molecule has 0 radical (unpaired) electrons. The van der Waals surface area contributed by atoms with Crippen LogP contribution in [0.15, 0.2) is 4.99 Å². The smallest absolute Gasteiger partial charge is 0.550 e. The van der Waals surface area contributed by atoms with Gasteiger partial charge in [0.1, 0.15) is 0 Å². The van der Waals surface area contributed by atoms with E-state index in [-0.39, 0.29) is 109 Å². The summed E-state index contributed by atoms with van der Waals surface area (Å²) in [5.74, 6) is -3.31. The van der Waals surface area contributed by atoms with Crippen LogP contribution in [-0.2, 0) is 9.59 Å². The molecular formula is C6H9K2N3O4. The number of carboxylic acids is 2. The SMILES string of the molecule is NC(N)=N[C@@H](CCC(=O)[O-])C(=O)[O-].[K+].[K+]. The first-order chi connectivity index (χ1) is 5.93. The van der Waals surface area contributed by atoms with E-state index >= 15 is 0 Å². The number of hydrogen-bond donors (Lipinski definition) is 2. The molecule has 15 heavy (non-hydrogen) atoms. The van der Waals surface area contributed by atoms with Gasteiger partial charge in [-0.1, -0.05) is 0 Å². The van der Waals surface area contributed by atoms with E-state index in [1.165, 1.54) is 0 Å². The summed E-state index contributed by atoms with van der Waals surface area (Å²) in [6.07, 6.45) is -0.683. The fourth-order valence-electron chi connectivity index (χ4n) is 0.670. The van der Waals surface area contributed by atoms with Crippen LogP contribution in [0.4, 0.5) is 0 Å². The van der Waals surface area contributed by atoms with Crippen LogP contribution >= 0.6 is 0 Å². The Morgan fingerprint density at radius 1 is 1.20 bits per heavy atom. The van der Waals surface area contributed by atoms with Crippen LogP contribution < -0.4 is 124 Å². The first-order valence-corrected chi connectivity index (χ1v) is 3.43. The number of nitrogens with zero attached hydrogens (tertiary/aromatic N) is 1. The summed E-state index contributed by atoms with van der Waals surface area (Å²) in [4.78, 5) is 23.5. The second-order valence-electron chi connectivity index (χ2n) is 2.30. The van der Waals surface area contributed by atoms with Crippen molar-refractivity contribution in [3.8, 4) is 0 Å². The monoisotopic (exact) mass is 265 g/mol. The molecule has 0 aliphatic rings. The van der Waals surface area contributed by atoms with Crippen molar-refractivity contribution in [1.82, 2.24) is 0 Å². The Morgan fingerprint density at radius 3 is 1.93 bits per heavy atom. The molecule has 0 heterocycles. The van der Waals surface area contributed by atoms with Crippen molar-refractivity contribution in [3.05, 3.63) is 0 Å². The molecule has 0 saturated heterocycles. The minimum absolute atomic E-state index is 0. The van der Waals surface area contributed by atoms with E-state index in [4.69, 9.17) is 11.5 Å². The zero-order valence-electron chi connectivity index (χ0n) is 8.73. The Labute approximate surface area is 172 Å².